The van der Waals surface area contributed by atoms with Gasteiger partial charge in [-0.2, -0.15) is 0 Å². The third-order valence-corrected chi connectivity index (χ3v) is 5.93. The maximum absolute atomic E-state index is 2.59. The summed E-state index contributed by atoms with van der Waals surface area (Å²) in [6, 6.07) is 25.0. The van der Waals surface area contributed by atoms with Gasteiger partial charge >= 0.3 is 0 Å². The van der Waals surface area contributed by atoms with E-state index in [0.29, 0.717) is 0 Å². The standard InChI is InChI=1S/C24H25N2/c1-18-8-10-23-22(13-18)16-26(15-20-6-4-3-5-7-20)17-25(23)14-21-12-19(2)9-11-24(21)26/h3-13H,14-17H2,1-2H3/q+1. The zero-order chi connectivity index (χ0) is 17.7. The van der Waals surface area contributed by atoms with Crippen LogP contribution in [0.15, 0.2) is 66.7 Å². The van der Waals surface area contributed by atoms with Crippen LogP contribution in [0, 0.1) is 13.8 Å². The van der Waals surface area contributed by atoms with E-state index in [1.54, 1.807) is 0 Å². The van der Waals surface area contributed by atoms with Crippen LogP contribution in [0.4, 0.5) is 11.4 Å². The van der Waals surface area contributed by atoms with Crippen LogP contribution in [0.1, 0.15) is 27.8 Å². The monoisotopic (exact) mass is 341 g/mol. The Balaban J connectivity index is 1.68. The summed E-state index contributed by atoms with van der Waals surface area (Å²) in [6.07, 6.45) is 0. The second kappa shape index (κ2) is 5.72. The summed E-state index contributed by atoms with van der Waals surface area (Å²) in [5.41, 5.74) is 10.0. The van der Waals surface area contributed by atoms with Crippen molar-refractivity contribution in [2.75, 3.05) is 11.6 Å². The van der Waals surface area contributed by atoms with Crippen molar-refractivity contribution >= 4 is 11.4 Å². The molecule has 0 aliphatic carbocycles. The molecule has 2 heterocycles. The molecule has 2 heteroatoms. The SMILES string of the molecule is Cc1ccc2c(c1)C[N+]1(Cc3ccccc3)CN2Cc2cc(C)ccc21. The lowest BCUT2D eigenvalue weighted by molar-refractivity contribution is 0.227. The normalized spacial score (nSPS) is 20.5. The van der Waals surface area contributed by atoms with Gasteiger partial charge in [-0.25, -0.2) is 0 Å². The van der Waals surface area contributed by atoms with Crippen LogP contribution < -0.4 is 9.38 Å². The number of benzene rings is 3. The van der Waals surface area contributed by atoms with Gasteiger partial charge in [-0.1, -0.05) is 53.6 Å². The van der Waals surface area contributed by atoms with E-state index < -0.39 is 0 Å². The van der Waals surface area contributed by atoms with Crippen molar-refractivity contribution < 1.29 is 0 Å². The number of hydrogen-bond donors (Lipinski definition) is 0. The molecule has 5 rings (SSSR count). The van der Waals surface area contributed by atoms with Gasteiger partial charge in [-0.15, -0.1) is 0 Å². The lowest BCUT2D eigenvalue weighted by atomic mass is 9.95. The molecule has 130 valence electrons. The van der Waals surface area contributed by atoms with Crippen LogP contribution in [0.5, 0.6) is 0 Å². The largest absolute Gasteiger partial charge is 0.320 e. The molecule has 0 fully saturated rings. The van der Waals surface area contributed by atoms with Gasteiger partial charge < -0.3 is 4.90 Å². The highest BCUT2D eigenvalue weighted by Gasteiger charge is 2.44. The first-order valence-corrected chi connectivity index (χ1v) is 9.48. The maximum Gasteiger partial charge on any atom is 0.160 e. The number of nitrogens with zero attached hydrogens (tertiary/aromatic N) is 2. The van der Waals surface area contributed by atoms with Gasteiger partial charge in [0.1, 0.15) is 18.8 Å². The highest BCUT2D eigenvalue weighted by atomic mass is 15.5. The Morgan fingerprint density at radius 2 is 1.58 bits per heavy atom. The topological polar surface area (TPSA) is 3.24 Å². The van der Waals surface area contributed by atoms with Crippen LogP contribution in [-0.2, 0) is 19.6 Å². The predicted molar refractivity (Wildman–Crippen MR) is 109 cm³/mol. The maximum atomic E-state index is 2.59. The van der Waals surface area contributed by atoms with Crippen LogP contribution in [0.3, 0.4) is 0 Å². The second-order valence-electron chi connectivity index (χ2n) is 8.05. The molecular formula is C24H25N2+. The van der Waals surface area contributed by atoms with Crippen molar-refractivity contribution in [1.82, 2.24) is 4.48 Å². The molecule has 0 saturated heterocycles. The smallest absolute Gasteiger partial charge is 0.160 e. The molecule has 26 heavy (non-hydrogen) atoms. The summed E-state index contributed by atoms with van der Waals surface area (Å²) in [4.78, 5) is 2.59. The van der Waals surface area contributed by atoms with E-state index in [2.05, 4.69) is 85.5 Å². The lowest BCUT2D eigenvalue weighted by Crippen LogP contribution is -2.60. The minimum atomic E-state index is 0.996. The minimum Gasteiger partial charge on any atom is -0.320 e. The van der Waals surface area contributed by atoms with E-state index in [9.17, 15) is 0 Å². The summed E-state index contributed by atoms with van der Waals surface area (Å²) < 4.78 is 0.996. The molecule has 2 aliphatic heterocycles. The molecule has 0 aromatic heterocycles. The number of aryl methyl sites for hydroxylation is 2. The second-order valence-corrected chi connectivity index (χ2v) is 8.05. The molecule has 3 aromatic rings. The van der Waals surface area contributed by atoms with Crippen LogP contribution in [0.2, 0.25) is 0 Å². The number of quaternary nitrogens is 1. The van der Waals surface area contributed by atoms with Crippen molar-refractivity contribution in [3.63, 3.8) is 0 Å². The molecule has 0 radical (unpaired) electrons. The Morgan fingerprint density at radius 1 is 0.846 bits per heavy atom. The first kappa shape index (κ1) is 15.7. The molecule has 0 spiro atoms. The number of hydrogen-bond acceptors (Lipinski definition) is 1. The van der Waals surface area contributed by atoms with Gasteiger partial charge in [-0.05, 0) is 38.1 Å². The van der Waals surface area contributed by atoms with Crippen LogP contribution in [-0.4, -0.2) is 6.67 Å². The van der Waals surface area contributed by atoms with Gasteiger partial charge in [0.05, 0.1) is 12.2 Å². The summed E-state index contributed by atoms with van der Waals surface area (Å²) in [5, 5.41) is 0. The Bertz CT molecular complexity index is 977. The van der Waals surface area contributed by atoms with Crippen molar-refractivity contribution in [3.05, 3.63) is 94.5 Å². The highest BCUT2D eigenvalue weighted by molar-refractivity contribution is 5.66. The summed E-state index contributed by atoms with van der Waals surface area (Å²) in [5.74, 6) is 0. The molecule has 1 atom stereocenters. The number of rotatable bonds is 2. The minimum absolute atomic E-state index is 0.996. The first-order chi connectivity index (χ1) is 12.6. The summed E-state index contributed by atoms with van der Waals surface area (Å²) >= 11 is 0. The third kappa shape index (κ3) is 2.45. The molecule has 0 amide bonds. The highest BCUT2D eigenvalue weighted by Crippen LogP contribution is 2.44. The molecule has 1 unspecified atom stereocenters. The Kier molecular flexibility index (Phi) is 3.44. The Morgan fingerprint density at radius 3 is 2.38 bits per heavy atom. The van der Waals surface area contributed by atoms with Crippen molar-refractivity contribution in [2.24, 2.45) is 0 Å². The van der Waals surface area contributed by atoms with E-state index in [0.717, 1.165) is 30.8 Å². The van der Waals surface area contributed by atoms with Crippen LogP contribution >= 0.6 is 0 Å². The molecular weight excluding hydrogens is 316 g/mol. The van der Waals surface area contributed by atoms with E-state index in [1.165, 1.54) is 39.2 Å². The Labute approximate surface area is 155 Å². The third-order valence-electron chi connectivity index (χ3n) is 5.93. The van der Waals surface area contributed by atoms with Gasteiger partial charge in [0, 0.05) is 16.7 Å². The van der Waals surface area contributed by atoms with Gasteiger partial charge in [0.15, 0.2) is 6.67 Å². The van der Waals surface area contributed by atoms with E-state index in [4.69, 9.17) is 0 Å². The first-order valence-electron chi connectivity index (χ1n) is 9.48. The fourth-order valence-electron chi connectivity index (χ4n) is 4.86. The fraction of sp³-hybridized carbons (Fsp3) is 0.250. The van der Waals surface area contributed by atoms with E-state index in [1.807, 2.05) is 0 Å². The van der Waals surface area contributed by atoms with Gasteiger partial charge in [0.2, 0.25) is 0 Å². The average Bonchev–Trinajstić information content (AvgIpc) is 2.62. The molecule has 2 aliphatic rings. The summed E-state index contributed by atoms with van der Waals surface area (Å²) in [7, 11) is 0. The molecule has 3 aromatic carbocycles. The molecule has 2 nitrogen and oxygen atoms in total. The van der Waals surface area contributed by atoms with Crippen molar-refractivity contribution in [3.8, 4) is 0 Å². The summed E-state index contributed by atoms with van der Waals surface area (Å²) in [6.45, 7) is 8.59. The van der Waals surface area contributed by atoms with Crippen molar-refractivity contribution in [1.29, 1.82) is 0 Å². The Hall–Kier alpha value is -2.58. The molecule has 2 bridgehead atoms. The molecule has 0 N–H and O–H groups in total. The van der Waals surface area contributed by atoms with E-state index >= 15 is 0 Å². The van der Waals surface area contributed by atoms with Crippen LogP contribution in [0.25, 0.3) is 0 Å². The van der Waals surface area contributed by atoms with E-state index in [-0.39, 0.29) is 0 Å². The predicted octanol–water partition coefficient (Wildman–Crippen LogP) is 5.30. The zero-order valence-corrected chi connectivity index (χ0v) is 15.6. The van der Waals surface area contributed by atoms with Gasteiger partial charge in [-0.3, -0.25) is 4.48 Å². The number of anilines is 1. The van der Waals surface area contributed by atoms with Crippen molar-refractivity contribution in [2.45, 2.75) is 33.5 Å². The number of fused-ring (bicyclic) bond motifs is 6. The zero-order valence-electron chi connectivity index (χ0n) is 15.6. The molecule has 0 saturated carbocycles. The fourth-order valence-corrected chi connectivity index (χ4v) is 4.86. The van der Waals surface area contributed by atoms with Gasteiger partial charge in [0.25, 0.3) is 0 Å². The quantitative estimate of drug-likeness (QED) is 0.572. The lowest BCUT2D eigenvalue weighted by Gasteiger charge is -2.50. The average molecular weight is 341 g/mol.